The molecule has 0 atom stereocenters. The Morgan fingerprint density at radius 3 is 2.38 bits per heavy atom. The first-order valence-corrected chi connectivity index (χ1v) is 7.96. The molecule has 8 nitrogen and oxygen atoms in total. The summed E-state index contributed by atoms with van der Waals surface area (Å²) < 4.78 is 4.87. The monoisotopic (exact) mass is 355 g/mol. The fraction of sp³-hybridized carbons (Fsp3) is 0.467. The van der Waals surface area contributed by atoms with Gasteiger partial charge in [0.05, 0.1) is 5.00 Å². The van der Waals surface area contributed by atoms with Crippen molar-refractivity contribution in [2.24, 2.45) is 5.41 Å². The molecule has 9 heteroatoms. The number of hydrogen-bond donors (Lipinski definition) is 3. The third-order valence-corrected chi connectivity index (χ3v) is 3.97. The molecule has 0 fully saturated rings. The average molecular weight is 355 g/mol. The number of imide groups is 1. The van der Waals surface area contributed by atoms with Gasteiger partial charge in [-0.2, -0.15) is 0 Å². The maximum atomic E-state index is 12.0. The Morgan fingerprint density at radius 2 is 1.83 bits per heavy atom. The van der Waals surface area contributed by atoms with Crippen LogP contribution in [0, 0.1) is 12.3 Å². The maximum absolute atomic E-state index is 12.0. The minimum absolute atomic E-state index is 0.173. The number of amides is 4. The highest BCUT2D eigenvalue weighted by atomic mass is 32.1. The summed E-state index contributed by atoms with van der Waals surface area (Å²) in [5, 5.41) is 7.45. The zero-order valence-corrected chi connectivity index (χ0v) is 15.1. The third-order valence-electron chi connectivity index (χ3n) is 2.84. The largest absolute Gasteiger partial charge is 0.451 e. The van der Waals surface area contributed by atoms with Crippen LogP contribution in [0.25, 0.3) is 0 Å². The fourth-order valence-corrected chi connectivity index (χ4v) is 2.43. The normalized spacial score (nSPS) is 10.7. The first kappa shape index (κ1) is 19.6. The Morgan fingerprint density at radius 1 is 1.21 bits per heavy atom. The van der Waals surface area contributed by atoms with Crippen molar-refractivity contribution in [3.8, 4) is 0 Å². The number of hydrogen-bond acceptors (Lipinski definition) is 6. The molecule has 0 aliphatic heterocycles. The second kappa shape index (κ2) is 7.91. The molecule has 132 valence electrons. The molecular weight excluding hydrogens is 334 g/mol. The third kappa shape index (κ3) is 5.65. The molecule has 0 saturated carbocycles. The van der Waals surface area contributed by atoms with E-state index in [1.165, 1.54) is 7.05 Å². The second-order valence-electron chi connectivity index (χ2n) is 6.03. The minimum Gasteiger partial charge on any atom is -0.451 e. The Balaban J connectivity index is 2.67. The van der Waals surface area contributed by atoms with Crippen LogP contribution < -0.4 is 16.0 Å². The molecule has 4 amide bonds. The number of anilines is 1. The zero-order valence-electron chi connectivity index (χ0n) is 14.2. The van der Waals surface area contributed by atoms with Crippen LogP contribution in [-0.2, 0) is 14.3 Å². The van der Waals surface area contributed by atoms with Gasteiger partial charge in [0.15, 0.2) is 6.61 Å². The van der Waals surface area contributed by atoms with E-state index in [1.54, 1.807) is 33.8 Å². The van der Waals surface area contributed by atoms with E-state index in [-0.39, 0.29) is 10.8 Å². The summed E-state index contributed by atoms with van der Waals surface area (Å²) in [7, 11) is 1.36. The number of thiophene rings is 1. The molecule has 1 rings (SSSR count). The van der Waals surface area contributed by atoms with E-state index in [2.05, 4.69) is 10.6 Å². The number of ether oxygens (including phenoxy) is 1. The smallest absolute Gasteiger partial charge is 0.349 e. The lowest BCUT2D eigenvalue weighted by Crippen LogP contribution is -2.39. The lowest BCUT2D eigenvalue weighted by molar-refractivity contribution is -0.123. The number of aryl methyl sites for hydroxylation is 1. The van der Waals surface area contributed by atoms with Crippen molar-refractivity contribution < 1.29 is 23.9 Å². The quantitative estimate of drug-likeness (QED) is 0.711. The van der Waals surface area contributed by atoms with Gasteiger partial charge in [-0.05, 0) is 18.6 Å². The lowest BCUT2D eigenvalue weighted by Gasteiger charge is -2.16. The Hall–Kier alpha value is -2.42. The second-order valence-corrected chi connectivity index (χ2v) is 7.08. The van der Waals surface area contributed by atoms with E-state index in [4.69, 9.17) is 4.74 Å². The summed E-state index contributed by atoms with van der Waals surface area (Å²) in [4.78, 5) is 46.6. The molecular formula is C15H21N3O5S. The highest BCUT2D eigenvalue weighted by Crippen LogP contribution is 2.28. The topological polar surface area (TPSA) is 114 Å². The lowest BCUT2D eigenvalue weighted by atomic mass is 9.96. The Bertz CT molecular complexity index is 661. The summed E-state index contributed by atoms with van der Waals surface area (Å²) >= 11 is 1.06. The first-order valence-electron chi connectivity index (χ1n) is 7.15. The molecule has 0 radical (unpaired) electrons. The van der Waals surface area contributed by atoms with Gasteiger partial charge in [0.1, 0.15) is 4.88 Å². The molecule has 0 unspecified atom stereocenters. The molecule has 0 aromatic carbocycles. The van der Waals surface area contributed by atoms with Crippen molar-refractivity contribution in [2.75, 3.05) is 19.0 Å². The van der Waals surface area contributed by atoms with Gasteiger partial charge in [-0.3, -0.25) is 14.9 Å². The van der Waals surface area contributed by atoms with Gasteiger partial charge < -0.3 is 15.4 Å². The van der Waals surface area contributed by atoms with Crippen LogP contribution in [0.2, 0.25) is 0 Å². The van der Waals surface area contributed by atoms with Gasteiger partial charge >= 0.3 is 12.0 Å². The van der Waals surface area contributed by atoms with E-state index in [1.807, 2.05) is 5.32 Å². The summed E-state index contributed by atoms with van der Waals surface area (Å²) in [6.07, 6.45) is 0. The fourth-order valence-electron chi connectivity index (χ4n) is 1.47. The van der Waals surface area contributed by atoms with Crippen LogP contribution in [0.1, 0.15) is 36.0 Å². The van der Waals surface area contributed by atoms with E-state index in [0.29, 0.717) is 10.6 Å². The van der Waals surface area contributed by atoms with Crippen molar-refractivity contribution in [1.82, 2.24) is 10.6 Å². The molecule has 0 bridgehead atoms. The van der Waals surface area contributed by atoms with Gasteiger partial charge in [0, 0.05) is 12.5 Å². The van der Waals surface area contributed by atoms with Crippen LogP contribution in [0.5, 0.6) is 0 Å². The van der Waals surface area contributed by atoms with Crippen molar-refractivity contribution in [2.45, 2.75) is 27.7 Å². The van der Waals surface area contributed by atoms with Crippen LogP contribution in [-0.4, -0.2) is 37.5 Å². The maximum Gasteiger partial charge on any atom is 0.349 e. The first-order chi connectivity index (χ1) is 11.0. The summed E-state index contributed by atoms with van der Waals surface area (Å²) in [5.74, 6) is -1.60. The van der Waals surface area contributed by atoms with Crippen LogP contribution in [0.15, 0.2) is 6.07 Å². The van der Waals surface area contributed by atoms with Gasteiger partial charge in [-0.15, -0.1) is 11.3 Å². The number of rotatable bonds is 4. The van der Waals surface area contributed by atoms with E-state index < -0.39 is 29.9 Å². The molecule has 0 aliphatic carbocycles. The van der Waals surface area contributed by atoms with Crippen LogP contribution >= 0.6 is 11.3 Å². The Labute approximate surface area is 143 Å². The van der Waals surface area contributed by atoms with E-state index in [0.717, 1.165) is 11.3 Å². The van der Waals surface area contributed by atoms with Gasteiger partial charge in [-0.25, -0.2) is 9.59 Å². The van der Waals surface area contributed by atoms with Gasteiger partial charge in [0.2, 0.25) is 5.91 Å². The zero-order chi connectivity index (χ0) is 18.5. The molecule has 1 heterocycles. The molecule has 0 saturated heterocycles. The van der Waals surface area contributed by atoms with Crippen molar-refractivity contribution in [3.05, 3.63) is 16.5 Å². The number of urea groups is 1. The van der Waals surface area contributed by atoms with Crippen molar-refractivity contribution in [3.63, 3.8) is 0 Å². The van der Waals surface area contributed by atoms with E-state index >= 15 is 0 Å². The van der Waals surface area contributed by atoms with Crippen LogP contribution in [0.4, 0.5) is 9.80 Å². The number of carbonyl (C=O) groups is 4. The molecule has 0 spiro atoms. The van der Waals surface area contributed by atoms with E-state index in [9.17, 15) is 19.2 Å². The SMILES string of the molecule is CNC(=O)NC(=O)COC(=O)c1sc(NC(=O)C(C)(C)C)cc1C. The Kier molecular flexibility index (Phi) is 6.47. The number of carbonyl (C=O) groups excluding carboxylic acids is 4. The van der Waals surface area contributed by atoms with Gasteiger partial charge in [-0.1, -0.05) is 20.8 Å². The summed E-state index contributed by atoms with van der Waals surface area (Å²) in [6.45, 7) is 6.47. The van der Waals surface area contributed by atoms with Gasteiger partial charge in [0.25, 0.3) is 5.91 Å². The van der Waals surface area contributed by atoms with Crippen molar-refractivity contribution >= 4 is 40.2 Å². The molecule has 0 aliphatic rings. The molecule has 24 heavy (non-hydrogen) atoms. The molecule has 1 aromatic heterocycles. The number of esters is 1. The molecule has 1 aromatic rings. The highest BCUT2D eigenvalue weighted by Gasteiger charge is 2.23. The predicted molar refractivity (Wildman–Crippen MR) is 90.0 cm³/mol. The summed E-state index contributed by atoms with van der Waals surface area (Å²) in [6, 6.07) is 0.978. The average Bonchev–Trinajstić information content (AvgIpc) is 2.84. The van der Waals surface area contributed by atoms with Crippen molar-refractivity contribution in [1.29, 1.82) is 0 Å². The van der Waals surface area contributed by atoms with Crippen LogP contribution in [0.3, 0.4) is 0 Å². The highest BCUT2D eigenvalue weighted by molar-refractivity contribution is 7.18. The summed E-state index contributed by atoms with van der Waals surface area (Å²) in [5.41, 5.74) is 0.0668. The predicted octanol–water partition coefficient (Wildman–Crippen LogP) is 1.65. The standard InChI is InChI=1S/C15H21N3O5S/c1-8-6-10(18-13(21)15(2,3)4)24-11(8)12(20)23-7-9(19)17-14(22)16-5/h6H,7H2,1-5H3,(H,18,21)(H2,16,17,19,22). The molecule has 3 N–H and O–H groups in total. The number of nitrogens with one attached hydrogen (secondary N) is 3. The minimum atomic E-state index is -0.738.